The fraction of sp³-hybridized carbons (Fsp3) is 0.556. The minimum absolute atomic E-state index is 0.00388. The number of esters is 1. The number of phenols is 1. The van der Waals surface area contributed by atoms with E-state index in [0.717, 1.165) is 0 Å². The normalized spacial score (nSPS) is 16.4. The van der Waals surface area contributed by atoms with E-state index in [2.05, 4.69) is 0 Å². The number of hydrogen-bond donors (Lipinski definition) is 6. The number of nitrogens with two attached hydrogens (primary N) is 1. The summed E-state index contributed by atoms with van der Waals surface area (Å²) in [5.74, 6) is -2.48. The number of rotatable bonds is 11. The first-order chi connectivity index (χ1) is 14.0. The highest BCUT2D eigenvalue weighted by Crippen LogP contribution is 2.34. The molecule has 2 rings (SSSR count). The number of aliphatic hydroxyl groups is 1. The molecule has 0 aliphatic carbocycles. The van der Waals surface area contributed by atoms with Crippen LogP contribution in [0.15, 0.2) is 12.1 Å². The molecule has 0 bridgehead atoms. The quantitative estimate of drug-likeness (QED) is 0.177. The highest BCUT2D eigenvalue weighted by Gasteiger charge is 2.38. The molecule has 1 atom stereocenters. The van der Waals surface area contributed by atoms with Gasteiger partial charge < -0.3 is 40.6 Å². The van der Waals surface area contributed by atoms with Crippen molar-refractivity contribution in [2.24, 2.45) is 5.73 Å². The van der Waals surface area contributed by atoms with Gasteiger partial charge in [-0.3, -0.25) is 9.69 Å². The van der Waals surface area contributed by atoms with Gasteiger partial charge in [-0.1, -0.05) is 6.07 Å². The molecule has 11 nitrogen and oxygen atoms in total. The number of carbonyl (C=O) groups excluding carboxylic acids is 1. The van der Waals surface area contributed by atoms with Gasteiger partial charge in [-0.15, -0.1) is 0 Å². The third-order valence-electron chi connectivity index (χ3n) is 4.67. The molecule has 30 heavy (non-hydrogen) atoms. The van der Waals surface area contributed by atoms with Gasteiger partial charge in [-0.05, 0) is 31.3 Å². The highest BCUT2D eigenvalue weighted by molar-refractivity contribution is 6.41. The number of aryl methyl sites for hydroxylation is 1. The van der Waals surface area contributed by atoms with E-state index < -0.39 is 35.9 Å². The molecule has 0 saturated carbocycles. The number of carboxylic acid groups (broad SMARTS) is 1. The predicted octanol–water partition coefficient (Wildman–Crippen LogP) is -1.58. The number of carboxylic acids is 1. The van der Waals surface area contributed by atoms with Crippen molar-refractivity contribution in [3.63, 3.8) is 0 Å². The first-order valence-electron chi connectivity index (χ1n) is 9.45. The standard InChI is InChI=1S/C18H27BN2O9/c1-18(20,17(26)29-7-6-22)10-21-8-12(9-21)30-13-3-2-11(4-5-19(27)28)15(23)14(13)16(24)25/h2-3,12,22-23,27-28H,4-10,20H2,1H3,(H,24,25)/t18-/m1/s1. The molecule has 0 spiro atoms. The van der Waals surface area contributed by atoms with E-state index in [-0.39, 0.29) is 49.9 Å². The largest absolute Gasteiger partial charge is 0.507 e. The Bertz CT molecular complexity index is 766. The van der Waals surface area contributed by atoms with E-state index in [4.69, 9.17) is 30.4 Å². The molecule has 12 heteroatoms. The smallest absolute Gasteiger partial charge is 0.451 e. The molecule has 1 aromatic rings. The average Bonchev–Trinajstić information content (AvgIpc) is 2.62. The Labute approximate surface area is 173 Å². The molecule has 1 fully saturated rings. The van der Waals surface area contributed by atoms with Gasteiger partial charge in [0.25, 0.3) is 0 Å². The summed E-state index contributed by atoms with van der Waals surface area (Å²) in [5, 5.41) is 46.4. The van der Waals surface area contributed by atoms with Crippen LogP contribution in [0.3, 0.4) is 0 Å². The van der Waals surface area contributed by atoms with Crippen molar-refractivity contribution >= 4 is 19.1 Å². The van der Waals surface area contributed by atoms with Crippen LogP contribution in [0, 0.1) is 0 Å². The molecule has 1 heterocycles. The topological polar surface area (TPSA) is 183 Å². The number of hydrogen-bond acceptors (Lipinski definition) is 10. The zero-order valence-corrected chi connectivity index (χ0v) is 16.7. The lowest BCUT2D eigenvalue weighted by Crippen LogP contribution is -2.62. The van der Waals surface area contributed by atoms with Crippen LogP contribution >= 0.6 is 0 Å². The predicted molar refractivity (Wildman–Crippen MR) is 105 cm³/mol. The minimum Gasteiger partial charge on any atom is -0.507 e. The Morgan fingerprint density at radius 3 is 2.57 bits per heavy atom. The first-order valence-corrected chi connectivity index (χ1v) is 9.45. The number of nitrogens with zero attached hydrogens (tertiary/aromatic N) is 1. The Morgan fingerprint density at radius 1 is 1.33 bits per heavy atom. The molecule has 1 aliphatic rings. The molecule has 1 aromatic carbocycles. The van der Waals surface area contributed by atoms with Gasteiger partial charge in [0.2, 0.25) is 0 Å². The van der Waals surface area contributed by atoms with Gasteiger partial charge in [0, 0.05) is 19.6 Å². The molecular formula is C18H27BN2O9. The molecule has 1 aliphatic heterocycles. The molecule has 0 amide bonds. The van der Waals surface area contributed by atoms with Gasteiger partial charge in [0.15, 0.2) is 0 Å². The number of benzene rings is 1. The maximum atomic E-state index is 11.9. The van der Waals surface area contributed by atoms with Crippen LogP contribution in [0.1, 0.15) is 22.8 Å². The van der Waals surface area contributed by atoms with Gasteiger partial charge in [-0.2, -0.15) is 0 Å². The maximum Gasteiger partial charge on any atom is 0.451 e. The van der Waals surface area contributed by atoms with Gasteiger partial charge in [0.1, 0.15) is 35.3 Å². The van der Waals surface area contributed by atoms with Crippen LogP contribution in [-0.4, -0.2) is 93.8 Å². The van der Waals surface area contributed by atoms with Crippen molar-refractivity contribution < 1.29 is 44.4 Å². The number of carbonyl (C=O) groups is 2. The van der Waals surface area contributed by atoms with E-state index in [1.807, 2.05) is 4.90 Å². The lowest BCUT2D eigenvalue weighted by atomic mass is 9.82. The van der Waals surface area contributed by atoms with E-state index in [9.17, 15) is 19.8 Å². The van der Waals surface area contributed by atoms with Crippen molar-refractivity contribution in [1.29, 1.82) is 0 Å². The Kier molecular flexibility index (Phi) is 8.04. The van der Waals surface area contributed by atoms with Crippen LogP contribution in [0.2, 0.25) is 6.32 Å². The number of ether oxygens (including phenoxy) is 2. The van der Waals surface area contributed by atoms with Crippen LogP contribution in [0.5, 0.6) is 11.5 Å². The summed E-state index contributed by atoms with van der Waals surface area (Å²) in [5.41, 5.74) is 4.57. The van der Waals surface area contributed by atoms with Crippen LogP contribution in [0.25, 0.3) is 0 Å². The summed E-state index contributed by atoms with van der Waals surface area (Å²) in [6.45, 7) is 2.06. The lowest BCUT2D eigenvalue weighted by Gasteiger charge is -2.42. The van der Waals surface area contributed by atoms with Crippen molar-refractivity contribution in [1.82, 2.24) is 4.90 Å². The Morgan fingerprint density at radius 2 is 2.00 bits per heavy atom. The second kappa shape index (κ2) is 10.1. The SMILES string of the molecule is C[C@@](N)(CN1CC(Oc2ccc(CCB(O)O)c(O)c2C(=O)O)C1)C(=O)OCCO. The Balaban J connectivity index is 1.97. The first kappa shape index (κ1) is 23.9. The zero-order valence-electron chi connectivity index (χ0n) is 16.7. The third-order valence-corrected chi connectivity index (χ3v) is 4.67. The molecule has 166 valence electrons. The molecule has 0 unspecified atom stereocenters. The van der Waals surface area contributed by atoms with Gasteiger partial charge in [0.05, 0.1) is 6.61 Å². The second-order valence-corrected chi connectivity index (χ2v) is 7.48. The summed E-state index contributed by atoms with van der Waals surface area (Å²) in [7, 11) is -1.57. The van der Waals surface area contributed by atoms with E-state index in [1.54, 1.807) is 0 Å². The number of likely N-dealkylation sites (tertiary alicyclic amines) is 1. The molecule has 0 radical (unpaired) electrons. The van der Waals surface area contributed by atoms with Crippen molar-refractivity contribution in [3.05, 3.63) is 23.3 Å². The third kappa shape index (κ3) is 6.06. The van der Waals surface area contributed by atoms with E-state index in [0.29, 0.717) is 13.1 Å². The lowest BCUT2D eigenvalue weighted by molar-refractivity contribution is -0.152. The molecular weight excluding hydrogens is 399 g/mol. The Hall–Kier alpha value is -2.38. The van der Waals surface area contributed by atoms with E-state index >= 15 is 0 Å². The maximum absolute atomic E-state index is 11.9. The second-order valence-electron chi connectivity index (χ2n) is 7.48. The molecule has 1 saturated heterocycles. The van der Waals surface area contributed by atoms with Gasteiger partial charge >= 0.3 is 19.1 Å². The molecule has 0 aromatic heterocycles. The monoisotopic (exact) mass is 426 g/mol. The van der Waals surface area contributed by atoms with E-state index in [1.165, 1.54) is 19.1 Å². The van der Waals surface area contributed by atoms with Crippen LogP contribution in [-0.2, 0) is 16.0 Å². The van der Waals surface area contributed by atoms with Gasteiger partial charge in [-0.25, -0.2) is 4.79 Å². The number of aliphatic hydroxyl groups excluding tert-OH is 1. The highest BCUT2D eigenvalue weighted by atomic mass is 16.5. The van der Waals surface area contributed by atoms with Crippen molar-refractivity contribution in [3.8, 4) is 11.5 Å². The van der Waals surface area contributed by atoms with Crippen LogP contribution in [0.4, 0.5) is 0 Å². The summed E-state index contributed by atoms with van der Waals surface area (Å²) in [6.07, 6.45) is -0.331. The fourth-order valence-electron chi connectivity index (χ4n) is 3.14. The zero-order chi connectivity index (χ0) is 22.5. The van der Waals surface area contributed by atoms with Crippen LogP contribution < -0.4 is 10.5 Å². The average molecular weight is 426 g/mol. The summed E-state index contributed by atoms with van der Waals surface area (Å²) in [6, 6.07) is 2.90. The summed E-state index contributed by atoms with van der Waals surface area (Å²) >= 11 is 0. The fourth-order valence-corrected chi connectivity index (χ4v) is 3.14. The van der Waals surface area contributed by atoms with Crippen molar-refractivity contribution in [2.45, 2.75) is 31.3 Å². The summed E-state index contributed by atoms with van der Waals surface area (Å²) < 4.78 is 10.6. The molecule has 7 N–H and O–H groups in total. The number of aromatic carboxylic acids is 1. The number of aromatic hydroxyl groups is 1. The van der Waals surface area contributed by atoms with Crippen molar-refractivity contribution in [2.75, 3.05) is 32.8 Å². The summed E-state index contributed by atoms with van der Waals surface area (Å²) in [4.78, 5) is 25.4. The minimum atomic E-state index is -1.57.